The van der Waals surface area contributed by atoms with E-state index in [9.17, 15) is 4.79 Å². The molecule has 126 valence electrons. The van der Waals surface area contributed by atoms with E-state index >= 15 is 0 Å². The van der Waals surface area contributed by atoms with Crippen molar-refractivity contribution in [2.75, 3.05) is 14.2 Å². The van der Waals surface area contributed by atoms with Crippen LogP contribution in [0.25, 0.3) is 0 Å². The minimum atomic E-state index is -1.00. The Morgan fingerprint density at radius 2 is 2.08 bits per heavy atom. The van der Waals surface area contributed by atoms with Gasteiger partial charge in [-0.25, -0.2) is 0 Å². The number of carbonyl (C=O) groups is 1. The van der Waals surface area contributed by atoms with Crippen molar-refractivity contribution < 1.29 is 18.8 Å². The minimum Gasteiger partial charge on any atom is -0.497 e. The Labute approximate surface area is 140 Å². The smallest absolute Gasteiger partial charge is 0.269 e. The molecule has 0 aliphatic carbocycles. The summed E-state index contributed by atoms with van der Waals surface area (Å²) in [5.41, 5.74) is 0.664. The van der Waals surface area contributed by atoms with Crippen LogP contribution in [0.2, 0.25) is 0 Å². The molecule has 6 nitrogen and oxygen atoms in total. The number of oxime groups is 1. The summed E-state index contributed by atoms with van der Waals surface area (Å²) in [5.74, 6) is 1.37. The van der Waals surface area contributed by atoms with Crippen molar-refractivity contribution >= 4 is 11.6 Å². The lowest BCUT2D eigenvalue weighted by molar-refractivity contribution is -0.152. The summed E-state index contributed by atoms with van der Waals surface area (Å²) in [6, 6.07) is 11.2. The fourth-order valence-corrected chi connectivity index (χ4v) is 2.70. The number of nitrogens with zero attached hydrogens (tertiary/aromatic N) is 2. The zero-order valence-electron chi connectivity index (χ0n) is 14.0. The van der Waals surface area contributed by atoms with Crippen LogP contribution in [0.1, 0.15) is 24.7 Å². The third-order valence-electron chi connectivity index (χ3n) is 4.06. The molecule has 0 fully saturated rings. The molecule has 1 aromatic heterocycles. The fraction of sp³-hybridized carbons (Fsp3) is 0.333. The molecule has 2 heterocycles. The number of benzene rings is 1. The summed E-state index contributed by atoms with van der Waals surface area (Å²) < 4.78 is 10.4. The topological polar surface area (TPSA) is 64.3 Å². The second-order valence-electron chi connectivity index (χ2n) is 6.01. The summed E-state index contributed by atoms with van der Waals surface area (Å²) in [7, 11) is 3.35. The molecule has 1 aliphatic heterocycles. The first-order chi connectivity index (χ1) is 11.5. The van der Waals surface area contributed by atoms with Gasteiger partial charge in [-0.1, -0.05) is 5.16 Å². The average molecular weight is 328 g/mol. The Morgan fingerprint density at radius 3 is 2.71 bits per heavy atom. The standard InChI is InChI=1S/C18H20N2O4/c1-18(17(21)20(2)12-15-5-4-10-23-15)11-16(19-24-18)13-6-8-14(22-3)9-7-13/h4-10H,11-12H2,1-3H3. The second kappa shape index (κ2) is 6.39. The predicted octanol–water partition coefficient (Wildman–Crippen LogP) is 2.83. The van der Waals surface area contributed by atoms with Gasteiger partial charge in [0.25, 0.3) is 5.91 Å². The highest BCUT2D eigenvalue weighted by atomic mass is 16.7. The van der Waals surface area contributed by atoms with E-state index in [0.29, 0.717) is 13.0 Å². The number of hydrogen-bond acceptors (Lipinski definition) is 5. The van der Waals surface area contributed by atoms with Crippen molar-refractivity contribution in [3.63, 3.8) is 0 Å². The third kappa shape index (κ3) is 3.13. The number of rotatable bonds is 5. The zero-order chi connectivity index (χ0) is 17.2. The summed E-state index contributed by atoms with van der Waals surface area (Å²) in [6.45, 7) is 2.15. The van der Waals surface area contributed by atoms with Crippen molar-refractivity contribution in [2.24, 2.45) is 5.16 Å². The molecule has 3 rings (SSSR count). The average Bonchev–Trinajstić information content (AvgIpc) is 3.24. The lowest BCUT2D eigenvalue weighted by atomic mass is 9.94. The van der Waals surface area contributed by atoms with Gasteiger partial charge in [-0.15, -0.1) is 0 Å². The molecule has 1 aliphatic rings. The SMILES string of the molecule is COc1ccc(C2=NOC(C)(C(=O)N(C)Cc3ccco3)C2)cc1. The molecule has 0 saturated carbocycles. The Balaban J connectivity index is 1.67. The number of methoxy groups -OCH3 is 1. The Hall–Kier alpha value is -2.76. The van der Waals surface area contributed by atoms with E-state index in [4.69, 9.17) is 14.0 Å². The largest absolute Gasteiger partial charge is 0.497 e. The van der Waals surface area contributed by atoms with Crippen molar-refractivity contribution in [2.45, 2.75) is 25.5 Å². The van der Waals surface area contributed by atoms with Crippen LogP contribution in [0.3, 0.4) is 0 Å². The van der Waals surface area contributed by atoms with Crippen molar-refractivity contribution in [3.05, 3.63) is 54.0 Å². The van der Waals surface area contributed by atoms with Crippen molar-refractivity contribution in [1.29, 1.82) is 0 Å². The van der Waals surface area contributed by atoms with Crippen molar-refractivity contribution in [1.82, 2.24) is 4.90 Å². The summed E-state index contributed by atoms with van der Waals surface area (Å²) in [6.07, 6.45) is 2.01. The monoisotopic (exact) mass is 328 g/mol. The predicted molar refractivity (Wildman–Crippen MR) is 88.8 cm³/mol. The van der Waals surface area contributed by atoms with Gasteiger partial charge in [-0.2, -0.15) is 0 Å². The molecular weight excluding hydrogens is 308 g/mol. The van der Waals surface area contributed by atoms with Gasteiger partial charge >= 0.3 is 0 Å². The number of furan rings is 1. The van der Waals surface area contributed by atoms with Gasteiger partial charge in [0.1, 0.15) is 11.5 Å². The number of hydrogen-bond donors (Lipinski definition) is 0. The Kier molecular flexibility index (Phi) is 4.29. The van der Waals surface area contributed by atoms with Gasteiger partial charge in [0, 0.05) is 13.5 Å². The lowest BCUT2D eigenvalue weighted by Gasteiger charge is -2.26. The maximum Gasteiger partial charge on any atom is 0.269 e. The quantitative estimate of drug-likeness (QED) is 0.846. The van der Waals surface area contributed by atoms with Gasteiger partial charge in [0.15, 0.2) is 0 Å². The summed E-state index contributed by atoms with van der Waals surface area (Å²) >= 11 is 0. The van der Waals surface area contributed by atoms with E-state index in [1.54, 1.807) is 38.3 Å². The van der Waals surface area contributed by atoms with Gasteiger partial charge in [0.2, 0.25) is 5.60 Å². The fourth-order valence-electron chi connectivity index (χ4n) is 2.70. The molecule has 6 heteroatoms. The van der Waals surface area contributed by atoms with Crippen LogP contribution >= 0.6 is 0 Å². The van der Waals surface area contributed by atoms with E-state index in [1.165, 1.54) is 0 Å². The molecule has 0 N–H and O–H groups in total. The van der Waals surface area contributed by atoms with Gasteiger partial charge < -0.3 is 18.9 Å². The minimum absolute atomic E-state index is 0.133. The van der Waals surface area contributed by atoms with Gasteiger partial charge in [-0.3, -0.25) is 4.79 Å². The molecule has 0 bridgehead atoms. The summed E-state index contributed by atoms with van der Waals surface area (Å²) in [4.78, 5) is 19.8. The van der Waals surface area contributed by atoms with Crippen LogP contribution in [0.4, 0.5) is 0 Å². The molecule has 0 radical (unpaired) electrons. The van der Waals surface area contributed by atoms with E-state index in [-0.39, 0.29) is 5.91 Å². The second-order valence-corrected chi connectivity index (χ2v) is 6.01. The first-order valence-electron chi connectivity index (χ1n) is 7.69. The van der Waals surface area contributed by atoms with Crippen molar-refractivity contribution in [3.8, 4) is 5.75 Å². The normalized spacial score (nSPS) is 19.5. The molecule has 0 saturated heterocycles. The van der Waals surface area contributed by atoms with E-state index in [1.807, 2.05) is 30.3 Å². The molecule has 1 unspecified atom stereocenters. The van der Waals surface area contributed by atoms with Crippen LogP contribution in [-0.4, -0.2) is 36.3 Å². The van der Waals surface area contributed by atoms with Crippen LogP contribution in [0, 0.1) is 0 Å². The zero-order valence-corrected chi connectivity index (χ0v) is 14.0. The first-order valence-corrected chi connectivity index (χ1v) is 7.69. The van der Waals surface area contributed by atoms with Crippen LogP contribution in [0.5, 0.6) is 5.75 Å². The van der Waals surface area contributed by atoms with Crippen LogP contribution in [0.15, 0.2) is 52.2 Å². The molecule has 1 amide bonds. The maximum absolute atomic E-state index is 12.7. The number of likely N-dealkylation sites (N-methyl/N-ethyl adjacent to an activating group) is 1. The molecule has 0 spiro atoms. The van der Waals surface area contributed by atoms with Crippen LogP contribution in [-0.2, 0) is 16.2 Å². The van der Waals surface area contributed by atoms with E-state index in [0.717, 1.165) is 22.8 Å². The highest BCUT2D eigenvalue weighted by molar-refractivity contribution is 6.05. The highest BCUT2D eigenvalue weighted by Gasteiger charge is 2.44. The van der Waals surface area contributed by atoms with Gasteiger partial charge in [-0.05, 0) is 48.9 Å². The Bertz CT molecular complexity index is 737. The van der Waals surface area contributed by atoms with Gasteiger partial charge in [0.05, 0.1) is 25.6 Å². The Morgan fingerprint density at radius 1 is 1.33 bits per heavy atom. The van der Waals surface area contributed by atoms with Crippen LogP contribution < -0.4 is 4.74 Å². The lowest BCUT2D eigenvalue weighted by Crippen LogP contribution is -2.45. The molecule has 1 atom stereocenters. The summed E-state index contributed by atoms with van der Waals surface area (Å²) in [5, 5.41) is 4.12. The highest BCUT2D eigenvalue weighted by Crippen LogP contribution is 2.29. The maximum atomic E-state index is 12.7. The molecule has 24 heavy (non-hydrogen) atoms. The molecular formula is C18H20N2O4. The molecule has 1 aromatic carbocycles. The van der Waals surface area contributed by atoms with E-state index in [2.05, 4.69) is 5.16 Å². The molecule has 2 aromatic rings. The first kappa shape index (κ1) is 16.1. The number of amides is 1. The number of carbonyl (C=O) groups excluding carboxylic acids is 1. The third-order valence-corrected chi connectivity index (χ3v) is 4.06. The van der Waals surface area contributed by atoms with E-state index < -0.39 is 5.60 Å². The number of ether oxygens (including phenoxy) is 1.